The van der Waals surface area contributed by atoms with Gasteiger partial charge in [-0.1, -0.05) is 0 Å². The van der Waals surface area contributed by atoms with Gasteiger partial charge in [0.1, 0.15) is 12.1 Å². The molecular weight excluding hydrogens is 592 g/mol. The molecule has 0 amide bonds. The maximum absolute atomic E-state index is 13.3. The largest absolute Gasteiger partial charge is 0.400 e. The molecule has 37 heavy (non-hydrogen) atoms. The lowest BCUT2D eigenvalue weighted by molar-refractivity contribution is -0.348. The maximum Gasteiger partial charge on any atom is 0.400 e. The van der Waals surface area contributed by atoms with Crippen molar-refractivity contribution in [2.75, 3.05) is 0 Å². The predicted octanol–water partition coefficient (Wildman–Crippen LogP) is 7.35. The number of halogens is 20. The molecule has 0 aliphatic carbocycles. The molecule has 0 N–H and O–H groups in total. The molecule has 0 radical (unpaired) electrons. The molecule has 0 aromatic carbocycles. The first-order chi connectivity index (χ1) is 16.0. The van der Waals surface area contributed by atoms with Crippen molar-refractivity contribution in [1.82, 2.24) is 0 Å². The zero-order valence-corrected chi connectivity index (χ0v) is 15.9. The predicted molar refractivity (Wildman–Crippen MR) is 70.4 cm³/mol. The van der Waals surface area contributed by atoms with Gasteiger partial charge >= 0.3 is 59.4 Å². The normalized spacial score (nSPS) is 16.4. The molecule has 212 valence electrons. The summed E-state index contributed by atoms with van der Waals surface area (Å²) < 4.78 is 263. The van der Waals surface area contributed by atoms with Crippen LogP contribution in [0.3, 0.4) is 0 Å². The van der Waals surface area contributed by atoms with Crippen molar-refractivity contribution in [2.24, 2.45) is 0 Å². The van der Waals surface area contributed by atoms with E-state index in [1.54, 1.807) is 0 Å². The third kappa shape index (κ3) is 4.79. The highest BCUT2D eigenvalue weighted by atomic mass is 19.4. The fourth-order valence-electron chi connectivity index (χ4n) is 1.62. The fourth-order valence-corrected chi connectivity index (χ4v) is 1.62. The van der Waals surface area contributed by atoms with E-state index in [0.29, 0.717) is 0 Å². The van der Waals surface area contributed by atoms with Gasteiger partial charge in [0.05, 0.1) is 0 Å². The Kier molecular flexibility index (Phi) is 8.52. The fraction of sp³-hybridized carbons (Fsp3) is 0.571. The van der Waals surface area contributed by atoms with Crippen LogP contribution >= 0.6 is 0 Å². The van der Waals surface area contributed by atoms with Crippen LogP contribution in [0, 0.1) is 22.7 Å². The molecule has 0 aromatic rings. The number of rotatable bonds is 10. The van der Waals surface area contributed by atoms with Gasteiger partial charge in [-0.15, -0.1) is 0 Å². The number of hydrogen-bond acceptors (Lipinski definition) is 3. The van der Waals surface area contributed by atoms with E-state index in [4.69, 9.17) is 10.5 Å². The van der Waals surface area contributed by atoms with Crippen LogP contribution in [0.1, 0.15) is 0 Å². The molecular formula is C14F20N2O. The van der Waals surface area contributed by atoms with Crippen LogP contribution in [0.25, 0.3) is 0 Å². The molecule has 0 heterocycles. The molecule has 0 unspecified atom stereocenters. The van der Waals surface area contributed by atoms with Gasteiger partial charge in [-0.2, -0.15) is 98.3 Å². The highest BCUT2D eigenvalue weighted by Gasteiger charge is 2.84. The second kappa shape index (κ2) is 9.31. The second-order valence-electron chi connectivity index (χ2n) is 6.10. The highest BCUT2D eigenvalue weighted by Crippen LogP contribution is 2.57. The average Bonchev–Trinajstić information content (AvgIpc) is 2.76. The second-order valence-corrected chi connectivity index (χ2v) is 6.10. The van der Waals surface area contributed by atoms with E-state index >= 15 is 0 Å². The topological polar surface area (TPSA) is 56.8 Å². The molecule has 0 saturated carbocycles. The van der Waals surface area contributed by atoms with Gasteiger partial charge in [-0.05, 0) is 0 Å². The third-order valence-corrected chi connectivity index (χ3v) is 3.72. The van der Waals surface area contributed by atoms with Gasteiger partial charge in [0.15, 0.2) is 0 Å². The Morgan fingerprint density at radius 3 is 0.838 bits per heavy atom. The molecule has 0 saturated heterocycles. The smallest absolute Gasteiger partial charge is 0.400 e. The van der Waals surface area contributed by atoms with Crippen molar-refractivity contribution < 1.29 is 92.5 Å². The molecule has 0 bridgehead atoms. The van der Waals surface area contributed by atoms with Gasteiger partial charge in [-0.25, -0.2) is 0 Å². The van der Waals surface area contributed by atoms with Crippen molar-refractivity contribution in [3.63, 3.8) is 0 Å². The lowest BCUT2D eigenvalue weighted by atomic mass is 9.98. The van der Waals surface area contributed by atoms with E-state index in [0.717, 1.165) is 0 Å². The highest BCUT2D eigenvalue weighted by molar-refractivity contribution is 5.23. The van der Waals surface area contributed by atoms with Crippen molar-refractivity contribution >= 4 is 0 Å². The summed E-state index contributed by atoms with van der Waals surface area (Å²) in [7, 11) is 0. The molecule has 0 aliphatic heterocycles. The van der Waals surface area contributed by atoms with E-state index in [9.17, 15) is 87.8 Å². The first kappa shape index (κ1) is 33.9. The van der Waals surface area contributed by atoms with Crippen molar-refractivity contribution in [3.8, 4) is 12.1 Å². The quantitative estimate of drug-likeness (QED) is 0.197. The number of alkyl halides is 16. The van der Waals surface area contributed by atoms with Crippen LogP contribution in [-0.4, -0.2) is 47.4 Å². The number of ether oxygens (including phenoxy) is 1. The Balaban J connectivity index is 6.69. The minimum atomic E-state index is -7.90. The van der Waals surface area contributed by atoms with E-state index in [1.807, 2.05) is 4.74 Å². The first-order valence-corrected chi connectivity index (χ1v) is 7.64. The maximum atomic E-state index is 13.3. The summed E-state index contributed by atoms with van der Waals surface area (Å²) in [5, 5.41) is 15.3. The van der Waals surface area contributed by atoms with Gasteiger partial charge < -0.3 is 4.74 Å². The Hall–Kier alpha value is -3.14. The van der Waals surface area contributed by atoms with Gasteiger partial charge in [0.25, 0.3) is 0 Å². The van der Waals surface area contributed by atoms with E-state index in [2.05, 4.69) is 0 Å². The molecule has 0 spiro atoms. The summed E-state index contributed by atoms with van der Waals surface area (Å²) in [4.78, 5) is 0. The zero-order valence-electron chi connectivity index (χ0n) is 15.9. The Morgan fingerprint density at radius 1 is 0.432 bits per heavy atom. The van der Waals surface area contributed by atoms with Crippen molar-refractivity contribution in [3.05, 3.63) is 23.7 Å². The zero-order chi connectivity index (χ0) is 30.4. The van der Waals surface area contributed by atoms with Gasteiger partial charge in [-0.3, -0.25) is 0 Å². The number of nitriles is 2. The summed E-state index contributed by atoms with van der Waals surface area (Å²) in [5.74, 6) is -69.9. The molecule has 0 fully saturated rings. The molecule has 0 atom stereocenters. The molecule has 3 nitrogen and oxygen atoms in total. The third-order valence-electron chi connectivity index (χ3n) is 3.72. The first-order valence-electron chi connectivity index (χ1n) is 7.64. The monoisotopic (exact) mass is 592 g/mol. The number of nitrogens with zero attached hydrogens (tertiary/aromatic N) is 2. The lowest BCUT2D eigenvalue weighted by Crippen LogP contribution is -2.62. The Morgan fingerprint density at radius 2 is 0.649 bits per heavy atom. The van der Waals surface area contributed by atoms with Crippen LogP contribution in [0.4, 0.5) is 87.8 Å². The SMILES string of the molecule is N#CC(F)(F)C(F)(F)C(F)(F)C(F)(F)C(F)=C(F)OC(F)=C(F)C(F)(F)C(F)(F)C(F)(F)C(F)(F)C#N. The summed E-state index contributed by atoms with van der Waals surface area (Å²) in [5.41, 5.74) is 0. The van der Waals surface area contributed by atoms with Crippen molar-refractivity contribution in [1.29, 1.82) is 10.5 Å². The Labute approximate surface area is 187 Å². The van der Waals surface area contributed by atoms with Crippen LogP contribution in [-0.2, 0) is 4.74 Å². The molecule has 0 aromatic heterocycles. The summed E-state index contributed by atoms with van der Waals surface area (Å²) in [6, 6.07) is -11.1. The number of allylic oxidation sites excluding steroid dienone is 2. The summed E-state index contributed by atoms with van der Waals surface area (Å²) in [6.07, 6.45) is 0. The average molecular weight is 592 g/mol. The van der Waals surface area contributed by atoms with Crippen LogP contribution in [0.2, 0.25) is 0 Å². The van der Waals surface area contributed by atoms with Crippen LogP contribution in [0.15, 0.2) is 23.7 Å². The van der Waals surface area contributed by atoms with Gasteiger partial charge in [0, 0.05) is 0 Å². The molecule has 0 rings (SSSR count). The van der Waals surface area contributed by atoms with E-state index in [1.165, 1.54) is 0 Å². The van der Waals surface area contributed by atoms with Crippen molar-refractivity contribution in [2.45, 2.75) is 47.4 Å². The minimum Gasteiger partial charge on any atom is -0.400 e. The lowest BCUT2D eigenvalue weighted by Gasteiger charge is -2.33. The van der Waals surface area contributed by atoms with Crippen LogP contribution in [0.5, 0.6) is 0 Å². The molecule has 23 heteroatoms. The minimum absolute atomic E-state index is 0.934. The Bertz CT molecular complexity index is 960. The number of hydrogen-bond donors (Lipinski definition) is 0. The van der Waals surface area contributed by atoms with Crippen LogP contribution < -0.4 is 0 Å². The molecule has 0 aliphatic rings. The van der Waals surface area contributed by atoms with E-state index < -0.39 is 83.2 Å². The standard InChI is InChI=1S/C14F20N2O/c15-3(9(23,24)13(31,32)11(27,28)7(19,20)1-35)5(17)37-6(18)4(16)10(25,26)14(33,34)12(29,30)8(21,22)2-36. The van der Waals surface area contributed by atoms with Gasteiger partial charge in [0.2, 0.25) is 11.7 Å². The summed E-state index contributed by atoms with van der Waals surface area (Å²) >= 11 is 0. The van der Waals surface area contributed by atoms with E-state index in [-0.39, 0.29) is 0 Å². The summed E-state index contributed by atoms with van der Waals surface area (Å²) in [6.45, 7) is 0.